The third kappa shape index (κ3) is 4.22. The predicted octanol–water partition coefficient (Wildman–Crippen LogP) is 2.53. The summed E-state index contributed by atoms with van der Waals surface area (Å²) >= 11 is 1.54. The molecule has 2 amide bonds. The molecule has 0 saturated carbocycles. The second-order valence-electron chi connectivity index (χ2n) is 6.63. The van der Waals surface area contributed by atoms with Gasteiger partial charge in [0.05, 0.1) is 16.7 Å². The van der Waals surface area contributed by atoms with Gasteiger partial charge in [-0.1, -0.05) is 6.07 Å². The fourth-order valence-corrected chi connectivity index (χ4v) is 5.20. The molecule has 0 spiro atoms. The van der Waals surface area contributed by atoms with E-state index in [4.69, 9.17) is 0 Å². The number of nitrogens with zero attached hydrogens (tertiary/aromatic N) is 1. The highest BCUT2D eigenvalue weighted by Crippen LogP contribution is 2.31. The Bertz CT molecular complexity index is 952. The van der Waals surface area contributed by atoms with E-state index in [9.17, 15) is 18.0 Å². The van der Waals surface area contributed by atoms with Crippen LogP contribution in [0.25, 0.3) is 0 Å². The van der Waals surface area contributed by atoms with E-state index < -0.39 is 15.1 Å². The summed E-state index contributed by atoms with van der Waals surface area (Å²) in [7, 11) is -3.63. The lowest BCUT2D eigenvalue weighted by molar-refractivity contribution is -0.121. The molecular formula is C19H22N2O4S2. The zero-order valence-corrected chi connectivity index (χ0v) is 16.9. The first kappa shape index (κ1) is 19.6. The Morgan fingerprint density at radius 2 is 2.07 bits per heavy atom. The number of benzene rings is 1. The van der Waals surface area contributed by atoms with Crippen LogP contribution in [-0.4, -0.2) is 32.0 Å². The minimum absolute atomic E-state index is 0.0554. The number of anilines is 1. The molecule has 1 aliphatic heterocycles. The fraction of sp³-hybridized carbons (Fsp3) is 0.368. The molecule has 27 heavy (non-hydrogen) atoms. The maximum Gasteiger partial charge on any atom is 0.223 e. The maximum atomic E-state index is 12.9. The van der Waals surface area contributed by atoms with Crippen molar-refractivity contribution in [2.24, 2.45) is 0 Å². The van der Waals surface area contributed by atoms with Gasteiger partial charge in [0.2, 0.25) is 11.8 Å². The van der Waals surface area contributed by atoms with Gasteiger partial charge < -0.3 is 10.2 Å². The van der Waals surface area contributed by atoms with E-state index >= 15 is 0 Å². The maximum absolute atomic E-state index is 12.9. The molecule has 8 heteroatoms. The standard InChI is InChI=1S/C19H22N2O4S2/c1-13(10-19(23)20-12-16-4-3-9-26-16)27(24,25)17-5-6-18-15(11-17)7-8-21(18)14(2)22/h3-6,9,11,13H,7-8,10,12H2,1-2H3,(H,20,23)/t13-/m0/s1. The molecule has 1 aromatic heterocycles. The Labute approximate surface area is 163 Å². The average Bonchev–Trinajstić information content (AvgIpc) is 3.28. The number of amides is 2. The topological polar surface area (TPSA) is 83.6 Å². The fourth-order valence-electron chi connectivity index (χ4n) is 3.16. The van der Waals surface area contributed by atoms with Gasteiger partial charge in [-0.3, -0.25) is 9.59 Å². The second-order valence-corrected chi connectivity index (χ2v) is 10.0. The third-order valence-corrected chi connectivity index (χ3v) is 7.71. The van der Waals surface area contributed by atoms with Gasteiger partial charge in [0.15, 0.2) is 9.84 Å². The summed E-state index contributed by atoms with van der Waals surface area (Å²) in [5, 5.41) is 3.86. The number of rotatable bonds is 6. The van der Waals surface area contributed by atoms with Crippen molar-refractivity contribution in [1.29, 1.82) is 0 Å². The lowest BCUT2D eigenvalue weighted by Gasteiger charge is -2.16. The number of fused-ring (bicyclic) bond motifs is 1. The van der Waals surface area contributed by atoms with Gasteiger partial charge in [0.1, 0.15) is 0 Å². The highest BCUT2D eigenvalue weighted by atomic mass is 32.2. The molecule has 6 nitrogen and oxygen atoms in total. The molecule has 0 aliphatic carbocycles. The van der Waals surface area contributed by atoms with Crippen molar-refractivity contribution >= 4 is 38.7 Å². The molecule has 1 atom stereocenters. The van der Waals surface area contributed by atoms with E-state index in [1.807, 2.05) is 17.5 Å². The van der Waals surface area contributed by atoms with Crippen LogP contribution in [0.2, 0.25) is 0 Å². The van der Waals surface area contributed by atoms with Gasteiger partial charge in [-0.25, -0.2) is 8.42 Å². The van der Waals surface area contributed by atoms with E-state index in [1.165, 1.54) is 24.3 Å². The minimum atomic E-state index is -3.63. The summed E-state index contributed by atoms with van der Waals surface area (Å²) in [6.45, 7) is 4.02. The van der Waals surface area contributed by atoms with Crippen molar-refractivity contribution < 1.29 is 18.0 Å². The molecule has 2 aromatic rings. The summed E-state index contributed by atoms with van der Waals surface area (Å²) in [4.78, 5) is 26.6. The van der Waals surface area contributed by atoms with Crippen LogP contribution >= 0.6 is 11.3 Å². The van der Waals surface area contributed by atoms with Crippen LogP contribution in [0.5, 0.6) is 0 Å². The smallest absolute Gasteiger partial charge is 0.223 e. The van der Waals surface area contributed by atoms with E-state index in [1.54, 1.807) is 24.0 Å². The average molecular weight is 407 g/mol. The van der Waals surface area contributed by atoms with E-state index in [2.05, 4.69) is 5.32 Å². The number of hydrogen-bond acceptors (Lipinski definition) is 5. The summed E-state index contributed by atoms with van der Waals surface area (Å²) in [5.74, 6) is -0.344. The Balaban J connectivity index is 1.68. The molecule has 0 radical (unpaired) electrons. The van der Waals surface area contributed by atoms with Crippen molar-refractivity contribution in [3.8, 4) is 0 Å². The van der Waals surface area contributed by atoms with Crippen LogP contribution < -0.4 is 10.2 Å². The van der Waals surface area contributed by atoms with E-state index in [0.717, 1.165) is 16.1 Å². The van der Waals surface area contributed by atoms with Crippen molar-refractivity contribution in [3.63, 3.8) is 0 Å². The van der Waals surface area contributed by atoms with Crippen molar-refractivity contribution in [2.45, 2.75) is 43.4 Å². The molecule has 3 rings (SSSR count). The largest absolute Gasteiger partial charge is 0.351 e. The zero-order valence-electron chi connectivity index (χ0n) is 15.3. The Morgan fingerprint density at radius 3 is 2.74 bits per heavy atom. The molecule has 0 fully saturated rings. The number of nitrogens with one attached hydrogen (secondary N) is 1. The van der Waals surface area contributed by atoms with Crippen LogP contribution in [-0.2, 0) is 32.4 Å². The van der Waals surface area contributed by atoms with Crippen LogP contribution in [0.1, 0.15) is 30.7 Å². The lowest BCUT2D eigenvalue weighted by atomic mass is 10.2. The quantitative estimate of drug-likeness (QED) is 0.799. The molecule has 1 aromatic carbocycles. The van der Waals surface area contributed by atoms with Crippen molar-refractivity contribution in [3.05, 3.63) is 46.2 Å². The molecule has 1 N–H and O–H groups in total. The van der Waals surface area contributed by atoms with Crippen molar-refractivity contribution in [2.75, 3.05) is 11.4 Å². The number of sulfone groups is 1. The van der Waals surface area contributed by atoms with Crippen LogP contribution in [0.4, 0.5) is 5.69 Å². The molecule has 0 saturated heterocycles. The molecule has 1 aliphatic rings. The lowest BCUT2D eigenvalue weighted by Crippen LogP contribution is -2.29. The number of carbonyl (C=O) groups is 2. The normalized spacial score (nSPS) is 14.7. The summed E-state index contributed by atoms with van der Waals surface area (Å²) in [6, 6.07) is 8.66. The molecule has 0 bridgehead atoms. The van der Waals surface area contributed by atoms with Gasteiger partial charge >= 0.3 is 0 Å². The SMILES string of the molecule is CC(=O)N1CCc2cc(S(=O)(=O)[C@@H](C)CC(=O)NCc3cccs3)ccc21. The van der Waals surface area contributed by atoms with Gasteiger partial charge in [0, 0.05) is 30.5 Å². The highest BCUT2D eigenvalue weighted by molar-refractivity contribution is 7.92. The first-order chi connectivity index (χ1) is 12.8. The summed E-state index contributed by atoms with van der Waals surface area (Å²) < 4.78 is 25.7. The Morgan fingerprint density at radius 1 is 1.30 bits per heavy atom. The van der Waals surface area contributed by atoms with E-state index in [-0.39, 0.29) is 23.1 Å². The van der Waals surface area contributed by atoms with Gasteiger partial charge in [-0.05, 0) is 48.6 Å². The molecular weight excluding hydrogens is 384 g/mol. The first-order valence-electron chi connectivity index (χ1n) is 8.73. The predicted molar refractivity (Wildman–Crippen MR) is 106 cm³/mol. The van der Waals surface area contributed by atoms with Crippen LogP contribution in [0.15, 0.2) is 40.6 Å². The number of thiophene rings is 1. The first-order valence-corrected chi connectivity index (χ1v) is 11.2. The minimum Gasteiger partial charge on any atom is -0.351 e. The van der Waals surface area contributed by atoms with Gasteiger partial charge in [-0.2, -0.15) is 0 Å². The van der Waals surface area contributed by atoms with Gasteiger partial charge in [0.25, 0.3) is 0 Å². The second kappa shape index (κ2) is 7.82. The Hall–Kier alpha value is -2.19. The molecule has 0 unspecified atom stereocenters. The monoisotopic (exact) mass is 406 g/mol. The number of carbonyl (C=O) groups excluding carboxylic acids is 2. The Kier molecular flexibility index (Phi) is 5.67. The molecule has 2 heterocycles. The van der Waals surface area contributed by atoms with Crippen molar-refractivity contribution in [1.82, 2.24) is 5.32 Å². The van der Waals surface area contributed by atoms with Gasteiger partial charge in [-0.15, -0.1) is 11.3 Å². The van der Waals surface area contributed by atoms with Crippen LogP contribution in [0.3, 0.4) is 0 Å². The van der Waals surface area contributed by atoms with E-state index in [0.29, 0.717) is 19.5 Å². The molecule has 144 valence electrons. The third-order valence-electron chi connectivity index (χ3n) is 4.70. The van der Waals surface area contributed by atoms with Crippen LogP contribution in [0, 0.1) is 0 Å². The highest BCUT2D eigenvalue weighted by Gasteiger charge is 2.29. The zero-order chi connectivity index (χ0) is 19.6. The summed E-state index contributed by atoms with van der Waals surface area (Å²) in [5.41, 5.74) is 1.61. The number of hydrogen-bond donors (Lipinski definition) is 1. The summed E-state index contributed by atoms with van der Waals surface area (Å²) in [6.07, 6.45) is 0.540.